The molecule has 0 spiro atoms. The van der Waals surface area contributed by atoms with E-state index in [1.807, 2.05) is 11.8 Å². The number of sulfonamides is 1. The molecule has 0 atom stereocenters. The standard InChI is InChI=1S/C21H26ClN3O5S/c1-15-12-19(20(30-3)13-18(15)22)23-21(26)14-24-8-10-25(11-9-24)31(27,28)17-6-4-16(29-2)5-7-17/h4-7,12-13H,8-11,14H2,1-3H3,(H,23,26). The van der Waals surface area contributed by atoms with Crippen LogP contribution in [0.2, 0.25) is 5.02 Å². The number of methoxy groups -OCH3 is 2. The maximum atomic E-state index is 12.8. The molecule has 1 fully saturated rings. The van der Waals surface area contributed by atoms with Gasteiger partial charge in [0.2, 0.25) is 15.9 Å². The van der Waals surface area contributed by atoms with E-state index in [0.717, 1.165) is 5.56 Å². The molecular formula is C21H26ClN3O5S. The Morgan fingerprint density at radius 1 is 1.06 bits per heavy atom. The number of halogens is 1. The lowest BCUT2D eigenvalue weighted by molar-refractivity contribution is -0.117. The maximum absolute atomic E-state index is 12.8. The predicted molar refractivity (Wildman–Crippen MR) is 120 cm³/mol. The number of nitrogens with one attached hydrogen (secondary N) is 1. The minimum Gasteiger partial charge on any atom is -0.497 e. The van der Waals surface area contributed by atoms with Gasteiger partial charge < -0.3 is 14.8 Å². The van der Waals surface area contributed by atoms with Crippen molar-refractivity contribution in [3.8, 4) is 11.5 Å². The molecule has 3 rings (SSSR count). The number of ether oxygens (including phenoxy) is 2. The van der Waals surface area contributed by atoms with Gasteiger partial charge in [-0.1, -0.05) is 11.6 Å². The van der Waals surface area contributed by atoms with Gasteiger partial charge in [0, 0.05) is 37.3 Å². The fraction of sp³-hybridized carbons (Fsp3) is 0.381. The molecule has 10 heteroatoms. The average molecular weight is 468 g/mol. The number of nitrogens with zero attached hydrogens (tertiary/aromatic N) is 2. The van der Waals surface area contributed by atoms with E-state index in [1.165, 1.54) is 30.7 Å². The highest BCUT2D eigenvalue weighted by Crippen LogP contribution is 2.31. The van der Waals surface area contributed by atoms with Crippen LogP contribution in [-0.2, 0) is 14.8 Å². The first-order valence-corrected chi connectivity index (χ1v) is 11.6. The molecule has 8 nitrogen and oxygen atoms in total. The first kappa shape index (κ1) is 23.3. The van der Waals surface area contributed by atoms with E-state index in [0.29, 0.717) is 48.4 Å². The van der Waals surface area contributed by atoms with Gasteiger partial charge in [-0.15, -0.1) is 0 Å². The van der Waals surface area contributed by atoms with Gasteiger partial charge in [-0.3, -0.25) is 9.69 Å². The van der Waals surface area contributed by atoms with Gasteiger partial charge in [-0.25, -0.2) is 8.42 Å². The summed E-state index contributed by atoms with van der Waals surface area (Å²) in [5.74, 6) is 0.883. The van der Waals surface area contributed by atoms with E-state index in [1.54, 1.807) is 24.3 Å². The van der Waals surface area contributed by atoms with Crippen molar-refractivity contribution < 1.29 is 22.7 Å². The number of piperazine rings is 1. The molecule has 168 valence electrons. The van der Waals surface area contributed by atoms with Crippen molar-refractivity contribution in [2.45, 2.75) is 11.8 Å². The molecule has 1 aliphatic heterocycles. The van der Waals surface area contributed by atoms with Gasteiger partial charge >= 0.3 is 0 Å². The van der Waals surface area contributed by atoms with E-state index >= 15 is 0 Å². The van der Waals surface area contributed by atoms with Crippen LogP contribution in [0.15, 0.2) is 41.3 Å². The van der Waals surface area contributed by atoms with Crippen LogP contribution in [0.4, 0.5) is 5.69 Å². The fourth-order valence-electron chi connectivity index (χ4n) is 3.35. The van der Waals surface area contributed by atoms with Gasteiger partial charge in [-0.05, 0) is 42.8 Å². The van der Waals surface area contributed by atoms with Crippen LogP contribution in [-0.4, -0.2) is 70.5 Å². The number of anilines is 1. The summed E-state index contributed by atoms with van der Waals surface area (Å²) < 4.78 is 37.5. The van der Waals surface area contributed by atoms with Crippen molar-refractivity contribution in [2.24, 2.45) is 0 Å². The molecule has 1 N–H and O–H groups in total. The Kier molecular flexibility index (Phi) is 7.42. The van der Waals surface area contributed by atoms with E-state index in [-0.39, 0.29) is 17.3 Å². The molecule has 0 bridgehead atoms. The molecule has 1 amide bonds. The second-order valence-electron chi connectivity index (χ2n) is 7.21. The first-order valence-electron chi connectivity index (χ1n) is 9.75. The topological polar surface area (TPSA) is 88.2 Å². The molecule has 1 aliphatic rings. The van der Waals surface area contributed by atoms with Crippen molar-refractivity contribution in [3.63, 3.8) is 0 Å². The van der Waals surface area contributed by atoms with Gasteiger partial charge in [-0.2, -0.15) is 4.31 Å². The largest absolute Gasteiger partial charge is 0.497 e. The Hall–Kier alpha value is -2.33. The van der Waals surface area contributed by atoms with Gasteiger partial charge in [0.1, 0.15) is 11.5 Å². The summed E-state index contributed by atoms with van der Waals surface area (Å²) in [4.78, 5) is 14.7. The predicted octanol–water partition coefficient (Wildman–Crippen LogP) is 2.61. The van der Waals surface area contributed by atoms with Crippen molar-refractivity contribution >= 4 is 33.2 Å². The summed E-state index contributed by atoms with van der Waals surface area (Å²) in [6.45, 7) is 3.54. The third-order valence-corrected chi connectivity index (χ3v) is 7.47. The first-order chi connectivity index (χ1) is 14.7. The molecule has 2 aromatic carbocycles. The zero-order valence-corrected chi connectivity index (χ0v) is 19.3. The second-order valence-corrected chi connectivity index (χ2v) is 9.55. The number of rotatable bonds is 7. The van der Waals surface area contributed by atoms with Gasteiger partial charge in [0.05, 0.1) is 31.3 Å². The molecule has 31 heavy (non-hydrogen) atoms. The van der Waals surface area contributed by atoms with Crippen LogP contribution in [0.5, 0.6) is 11.5 Å². The lowest BCUT2D eigenvalue weighted by Gasteiger charge is -2.33. The Bertz CT molecular complexity index is 1040. The Morgan fingerprint density at radius 3 is 2.29 bits per heavy atom. The van der Waals surface area contributed by atoms with Crippen LogP contribution >= 0.6 is 11.6 Å². The Balaban J connectivity index is 1.57. The summed E-state index contributed by atoms with van der Waals surface area (Å²) in [5.41, 5.74) is 1.38. The number of hydrogen-bond donors (Lipinski definition) is 1. The highest BCUT2D eigenvalue weighted by atomic mass is 35.5. The lowest BCUT2D eigenvalue weighted by Crippen LogP contribution is -2.50. The van der Waals surface area contributed by atoms with Gasteiger partial charge in [0.15, 0.2) is 0 Å². The molecule has 0 radical (unpaired) electrons. The lowest BCUT2D eigenvalue weighted by atomic mass is 10.2. The van der Waals surface area contributed by atoms with Crippen LogP contribution in [0.3, 0.4) is 0 Å². The summed E-state index contributed by atoms with van der Waals surface area (Å²) in [6.07, 6.45) is 0. The molecule has 0 unspecified atom stereocenters. The summed E-state index contributed by atoms with van der Waals surface area (Å²) in [5, 5.41) is 3.41. The molecular weight excluding hydrogens is 442 g/mol. The van der Waals surface area contributed by atoms with Crippen molar-refractivity contribution in [1.82, 2.24) is 9.21 Å². The van der Waals surface area contributed by atoms with Crippen LogP contribution in [0.1, 0.15) is 5.56 Å². The SMILES string of the molecule is COc1ccc(S(=O)(=O)N2CCN(CC(=O)Nc3cc(C)c(Cl)cc3OC)CC2)cc1. The van der Waals surface area contributed by atoms with E-state index < -0.39 is 10.0 Å². The zero-order chi connectivity index (χ0) is 22.6. The third-order valence-electron chi connectivity index (χ3n) is 5.15. The smallest absolute Gasteiger partial charge is 0.243 e. The molecule has 0 aliphatic carbocycles. The quantitative estimate of drug-likeness (QED) is 0.673. The second kappa shape index (κ2) is 9.86. The number of benzene rings is 2. The Morgan fingerprint density at radius 2 is 1.71 bits per heavy atom. The molecule has 2 aromatic rings. The minimum absolute atomic E-state index is 0.154. The Labute approximate surface area is 187 Å². The number of hydrogen-bond acceptors (Lipinski definition) is 6. The van der Waals surface area contributed by atoms with Crippen molar-refractivity contribution in [2.75, 3.05) is 52.3 Å². The summed E-state index contributed by atoms with van der Waals surface area (Å²) >= 11 is 6.11. The molecule has 0 saturated carbocycles. The highest BCUT2D eigenvalue weighted by Gasteiger charge is 2.29. The van der Waals surface area contributed by atoms with Crippen LogP contribution < -0.4 is 14.8 Å². The minimum atomic E-state index is -3.58. The molecule has 0 aromatic heterocycles. The maximum Gasteiger partial charge on any atom is 0.243 e. The van der Waals surface area contributed by atoms with Crippen LogP contribution in [0.25, 0.3) is 0 Å². The molecule has 1 saturated heterocycles. The number of aryl methyl sites for hydroxylation is 1. The summed E-state index contributed by atoms with van der Waals surface area (Å²) in [7, 11) is -0.540. The average Bonchev–Trinajstić information content (AvgIpc) is 2.76. The third kappa shape index (κ3) is 5.48. The van der Waals surface area contributed by atoms with Crippen molar-refractivity contribution in [3.05, 3.63) is 47.0 Å². The van der Waals surface area contributed by atoms with E-state index in [2.05, 4.69) is 5.32 Å². The number of amides is 1. The highest BCUT2D eigenvalue weighted by molar-refractivity contribution is 7.89. The molecule has 1 heterocycles. The fourth-order valence-corrected chi connectivity index (χ4v) is 4.92. The monoisotopic (exact) mass is 467 g/mol. The number of carbonyl (C=O) groups is 1. The normalized spacial score (nSPS) is 15.5. The van der Waals surface area contributed by atoms with E-state index in [9.17, 15) is 13.2 Å². The van der Waals surface area contributed by atoms with Crippen LogP contribution in [0, 0.1) is 6.92 Å². The zero-order valence-electron chi connectivity index (χ0n) is 17.7. The van der Waals surface area contributed by atoms with Gasteiger partial charge in [0.25, 0.3) is 0 Å². The number of carbonyl (C=O) groups excluding carboxylic acids is 1. The van der Waals surface area contributed by atoms with E-state index in [4.69, 9.17) is 21.1 Å². The van der Waals surface area contributed by atoms with Crippen molar-refractivity contribution in [1.29, 1.82) is 0 Å². The summed E-state index contributed by atoms with van der Waals surface area (Å²) in [6, 6.07) is 9.75.